The van der Waals surface area contributed by atoms with Crippen LogP contribution in [-0.2, 0) is 0 Å². The summed E-state index contributed by atoms with van der Waals surface area (Å²) < 4.78 is 2.38. The number of aromatic carboxylic acids is 1. The first kappa shape index (κ1) is 11.4. The highest BCUT2D eigenvalue weighted by atomic mass is 79.9. The molecule has 0 unspecified atom stereocenters. The molecule has 0 fully saturated rings. The van der Waals surface area contributed by atoms with Crippen LogP contribution in [0.3, 0.4) is 0 Å². The summed E-state index contributed by atoms with van der Waals surface area (Å²) in [5.41, 5.74) is 1.27. The van der Waals surface area contributed by atoms with Gasteiger partial charge in [0, 0.05) is 23.8 Å². The third-order valence-corrected chi connectivity index (χ3v) is 3.35. The monoisotopic (exact) mass is 325 g/mol. The third kappa shape index (κ3) is 1.65. The summed E-state index contributed by atoms with van der Waals surface area (Å²) in [6.07, 6.45) is 3.09. The van der Waals surface area contributed by atoms with Crippen LogP contribution in [0.1, 0.15) is 10.5 Å². The van der Waals surface area contributed by atoms with Gasteiger partial charge in [-0.3, -0.25) is 4.40 Å². The quantitative estimate of drug-likeness (QED) is 0.698. The van der Waals surface area contributed by atoms with Crippen LogP contribution >= 0.6 is 27.5 Å². The van der Waals surface area contributed by atoms with Gasteiger partial charge in [-0.1, -0.05) is 11.6 Å². The molecule has 90 valence electrons. The molecule has 0 aromatic carbocycles. The van der Waals surface area contributed by atoms with Gasteiger partial charge >= 0.3 is 5.97 Å². The lowest BCUT2D eigenvalue weighted by atomic mass is 10.3. The second-order valence-electron chi connectivity index (χ2n) is 3.68. The summed E-state index contributed by atoms with van der Waals surface area (Å²) in [6.45, 7) is 0. The second kappa shape index (κ2) is 3.93. The first-order valence-electron chi connectivity index (χ1n) is 4.92. The highest BCUT2D eigenvalue weighted by molar-refractivity contribution is 9.10. The van der Waals surface area contributed by atoms with E-state index in [2.05, 4.69) is 25.9 Å². The lowest BCUT2D eigenvalue weighted by Gasteiger charge is -2.03. The molecule has 18 heavy (non-hydrogen) atoms. The fourth-order valence-corrected chi connectivity index (χ4v) is 2.47. The zero-order valence-corrected chi connectivity index (χ0v) is 11.1. The molecule has 0 amide bonds. The Balaban J connectivity index is 2.50. The Morgan fingerprint density at radius 1 is 1.44 bits per heavy atom. The molecule has 0 spiro atoms. The Labute approximate surface area is 114 Å². The summed E-state index contributed by atoms with van der Waals surface area (Å²) in [5.74, 6) is -1.07. The Bertz CT molecular complexity index is 800. The average molecular weight is 327 g/mol. The highest BCUT2D eigenvalue weighted by Gasteiger charge is 2.13. The van der Waals surface area contributed by atoms with Gasteiger partial charge in [-0.15, -0.1) is 0 Å². The van der Waals surface area contributed by atoms with Gasteiger partial charge in [-0.25, -0.2) is 14.8 Å². The fourth-order valence-electron chi connectivity index (χ4n) is 1.79. The van der Waals surface area contributed by atoms with Crippen LogP contribution in [0.15, 0.2) is 29.0 Å². The molecule has 0 saturated carbocycles. The molecule has 0 aliphatic heterocycles. The Morgan fingerprint density at radius 2 is 2.22 bits per heavy atom. The Morgan fingerprint density at radius 3 is 2.94 bits per heavy atom. The molecule has 0 bridgehead atoms. The molecule has 0 aliphatic rings. The number of carbonyl (C=O) groups is 1. The zero-order valence-electron chi connectivity index (χ0n) is 8.76. The van der Waals surface area contributed by atoms with E-state index in [4.69, 9.17) is 16.7 Å². The molecule has 0 atom stereocenters. The van der Waals surface area contributed by atoms with Crippen molar-refractivity contribution in [2.24, 2.45) is 0 Å². The lowest BCUT2D eigenvalue weighted by molar-refractivity contribution is 0.0691. The van der Waals surface area contributed by atoms with Crippen LogP contribution in [-0.4, -0.2) is 25.4 Å². The maximum absolute atomic E-state index is 11.0. The van der Waals surface area contributed by atoms with Gasteiger partial charge in [-0.2, -0.15) is 0 Å². The number of halogens is 2. The topological polar surface area (TPSA) is 67.5 Å². The minimum Gasteiger partial charge on any atom is -0.476 e. The number of carboxylic acids is 1. The van der Waals surface area contributed by atoms with Crippen molar-refractivity contribution in [2.45, 2.75) is 0 Å². The van der Waals surface area contributed by atoms with Gasteiger partial charge in [0.25, 0.3) is 0 Å². The number of pyridine rings is 2. The van der Waals surface area contributed by atoms with Gasteiger partial charge < -0.3 is 5.11 Å². The van der Waals surface area contributed by atoms with Crippen molar-refractivity contribution in [3.63, 3.8) is 0 Å². The number of hydrogen-bond acceptors (Lipinski definition) is 3. The van der Waals surface area contributed by atoms with Crippen LogP contribution in [0.5, 0.6) is 0 Å². The van der Waals surface area contributed by atoms with Crippen LogP contribution in [0.4, 0.5) is 0 Å². The molecule has 0 radical (unpaired) electrons. The fraction of sp³-hybridized carbons (Fsp3) is 0. The van der Waals surface area contributed by atoms with Gasteiger partial charge in [0.1, 0.15) is 5.15 Å². The molecule has 5 nitrogen and oxygen atoms in total. The van der Waals surface area contributed by atoms with E-state index >= 15 is 0 Å². The number of nitrogens with zero attached hydrogens (tertiary/aromatic N) is 3. The summed E-state index contributed by atoms with van der Waals surface area (Å²) >= 11 is 9.22. The lowest BCUT2D eigenvalue weighted by Crippen LogP contribution is -1.94. The van der Waals surface area contributed by atoms with Crippen LogP contribution in [0.25, 0.3) is 16.6 Å². The van der Waals surface area contributed by atoms with Crippen molar-refractivity contribution >= 4 is 50.1 Å². The summed E-state index contributed by atoms with van der Waals surface area (Å²) in [4.78, 5) is 19.0. The molecular formula is C11H5BrClN3O2. The molecule has 1 N–H and O–H groups in total. The van der Waals surface area contributed by atoms with E-state index in [1.807, 2.05) is 6.07 Å². The molecule has 3 rings (SSSR count). The summed E-state index contributed by atoms with van der Waals surface area (Å²) in [6, 6.07) is 3.50. The second-order valence-corrected chi connectivity index (χ2v) is 4.92. The first-order chi connectivity index (χ1) is 8.56. The van der Waals surface area contributed by atoms with E-state index in [9.17, 15) is 4.79 Å². The maximum atomic E-state index is 11.0. The van der Waals surface area contributed by atoms with E-state index in [-0.39, 0.29) is 5.69 Å². The molecule has 3 aromatic heterocycles. The number of rotatable bonds is 1. The maximum Gasteiger partial charge on any atom is 0.356 e. The van der Waals surface area contributed by atoms with E-state index in [0.717, 1.165) is 10.9 Å². The number of hydrogen-bond donors (Lipinski definition) is 1. The molecular weight excluding hydrogens is 321 g/mol. The van der Waals surface area contributed by atoms with Crippen molar-refractivity contribution in [1.29, 1.82) is 0 Å². The van der Waals surface area contributed by atoms with E-state index in [1.54, 1.807) is 16.7 Å². The number of imidazole rings is 1. The highest BCUT2D eigenvalue weighted by Crippen LogP contribution is 2.26. The van der Waals surface area contributed by atoms with Crippen molar-refractivity contribution in [2.75, 3.05) is 0 Å². The van der Waals surface area contributed by atoms with Crippen LogP contribution in [0.2, 0.25) is 5.15 Å². The van der Waals surface area contributed by atoms with Gasteiger partial charge in [0.2, 0.25) is 0 Å². The van der Waals surface area contributed by atoms with E-state index in [0.29, 0.717) is 15.3 Å². The summed E-state index contributed by atoms with van der Waals surface area (Å²) in [7, 11) is 0. The predicted molar refractivity (Wildman–Crippen MR) is 70.2 cm³/mol. The molecule has 7 heteroatoms. The van der Waals surface area contributed by atoms with Gasteiger partial charge in [-0.05, 0) is 22.0 Å². The standard InChI is InChI=1S/C11H5BrClN3O2/c12-6-1-5-3-14-9(13)2-8(5)16-4-7(11(17)18)15-10(6)16/h1-4H,(H,17,18). The smallest absolute Gasteiger partial charge is 0.356 e. The van der Waals surface area contributed by atoms with Gasteiger partial charge in [0.15, 0.2) is 11.3 Å². The van der Waals surface area contributed by atoms with Crippen molar-refractivity contribution in [3.8, 4) is 0 Å². The SMILES string of the molecule is O=C(O)c1cn2c(n1)c(Br)cc1cnc(Cl)cc12. The normalized spacial score (nSPS) is 11.2. The van der Waals surface area contributed by atoms with Crippen molar-refractivity contribution in [3.05, 3.63) is 39.8 Å². The predicted octanol–water partition coefficient (Wildman–Crippen LogP) is 3.00. The number of carboxylic acid groups (broad SMARTS) is 1. The molecule has 0 saturated heterocycles. The average Bonchev–Trinajstić information content (AvgIpc) is 2.76. The first-order valence-corrected chi connectivity index (χ1v) is 6.09. The van der Waals surface area contributed by atoms with E-state index < -0.39 is 5.97 Å². The number of aromatic nitrogens is 3. The largest absolute Gasteiger partial charge is 0.476 e. The Kier molecular flexibility index (Phi) is 2.49. The molecule has 0 aliphatic carbocycles. The van der Waals surface area contributed by atoms with Crippen molar-refractivity contribution < 1.29 is 9.90 Å². The Hall–Kier alpha value is -1.66. The third-order valence-electron chi connectivity index (χ3n) is 2.56. The van der Waals surface area contributed by atoms with Gasteiger partial charge in [0.05, 0.1) is 9.99 Å². The van der Waals surface area contributed by atoms with Crippen LogP contribution < -0.4 is 0 Å². The van der Waals surface area contributed by atoms with E-state index in [1.165, 1.54) is 6.20 Å². The number of fused-ring (bicyclic) bond motifs is 3. The summed E-state index contributed by atoms with van der Waals surface area (Å²) in [5, 5.41) is 10.2. The molecule has 3 heterocycles. The molecule has 3 aromatic rings. The minimum absolute atomic E-state index is 0.0175. The zero-order chi connectivity index (χ0) is 12.9. The van der Waals surface area contributed by atoms with Crippen LogP contribution in [0, 0.1) is 0 Å². The van der Waals surface area contributed by atoms with Crippen molar-refractivity contribution in [1.82, 2.24) is 14.4 Å². The minimum atomic E-state index is -1.07.